The average molecular weight is 202 g/mol. The van der Waals surface area contributed by atoms with Gasteiger partial charge in [-0.15, -0.1) is 0 Å². The number of aromatic nitrogens is 2. The average Bonchev–Trinajstić information content (AvgIpc) is 2.45. The first kappa shape index (κ1) is 9.39. The van der Waals surface area contributed by atoms with Crippen LogP contribution < -0.4 is 5.73 Å². The molecule has 0 aliphatic heterocycles. The van der Waals surface area contributed by atoms with E-state index in [-0.39, 0.29) is 6.61 Å². The van der Waals surface area contributed by atoms with Gasteiger partial charge >= 0.3 is 5.97 Å². The summed E-state index contributed by atoms with van der Waals surface area (Å²) in [5, 5.41) is 11.6. The second-order valence-electron chi connectivity index (χ2n) is 1.90. The van der Waals surface area contributed by atoms with E-state index in [4.69, 9.17) is 10.8 Å². The van der Waals surface area contributed by atoms with Gasteiger partial charge in [0.05, 0.1) is 0 Å². The highest BCUT2D eigenvalue weighted by Crippen LogP contribution is 2.05. The third-order valence-corrected chi connectivity index (χ3v) is 1.50. The van der Waals surface area contributed by atoms with Gasteiger partial charge in [-0.1, -0.05) is 5.16 Å². The minimum atomic E-state index is -1.18. The molecule has 0 unspecified atom stereocenters. The van der Waals surface area contributed by atoms with E-state index in [0.717, 1.165) is 11.5 Å². The van der Waals surface area contributed by atoms with Crippen molar-refractivity contribution in [2.45, 2.75) is 6.61 Å². The highest BCUT2D eigenvalue weighted by atomic mass is 32.1. The molecule has 0 saturated carbocycles. The van der Waals surface area contributed by atoms with Crippen LogP contribution in [0.3, 0.4) is 0 Å². The summed E-state index contributed by atoms with van der Waals surface area (Å²) < 4.78 is 3.79. The predicted octanol–water partition coefficient (Wildman–Crippen LogP) is -0.293. The molecule has 1 heterocycles. The standard InChI is InChI=1S/C5H6N4O3S/c6-5-8-3(9-13-5)2-12-7-1-4(10)11/h1H,2H2,(H,10,11)(H2,6,8,9)/b7-1-. The maximum Gasteiger partial charge on any atom is 0.350 e. The van der Waals surface area contributed by atoms with Crippen LogP contribution in [0.2, 0.25) is 0 Å². The van der Waals surface area contributed by atoms with E-state index in [9.17, 15) is 4.79 Å². The molecule has 13 heavy (non-hydrogen) atoms. The van der Waals surface area contributed by atoms with Gasteiger partial charge in [-0.05, 0) is 0 Å². The molecule has 0 amide bonds. The van der Waals surface area contributed by atoms with Crippen molar-refractivity contribution in [3.05, 3.63) is 5.82 Å². The second kappa shape index (κ2) is 4.36. The van der Waals surface area contributed by atoms with Crippen LogP contribution in [0.5, 0.6) is 0 Å². The number of hydrogen-bond donors (Lipinski definition) is 2. The normalized spacial score (nSPS) is 10.5. The van der Waals surface area contributed by atoms with E-state index in [1.165, 1.54) is 0 Å². The molecule has 7 nitrogen and oxygen atoms in total. The summed E-state index contributed by atoms with van der Waals surface area (Å²) in [5.74, 6) is -0.796. The van der Waals surface area contributed by atoms with Gasteiger partial charge in [-0.2, -0.15) is 9.36 Å². The van der Waals surface area contributed by atoms with Crippen molar-refractivity contribution in [2.24, 2.45) is 5.16 Å². The predicted molar refractivity (Wildman–Crippen MR) is 45.2 cm³/mol. The van der Waals surface area contributed by atoms with Crippen LogP contribution in [0.15, 0.2) is 5.16 Å². The molecule has 0 fully saturated rings. The fraction of sp³-hybridized carbons (Fsp3) is 0.200. The third kappa shape index (κ3) is 3.47. The number of aliphatic carboxylic acids is 1. The number of hydrogen-bond acceptors (Lipinski definition) is 7. The Morgan fingerprint density at radius 3 is 3.15 bits per heavy atom. The zero-order chi connectivity index (χ0) is 9.68. The molecule has 0 aromatic carbocycles. The quantitative estimate of drug-likeness (QED) is 0.512. The monoisotopic (exact) mass is 202 g/mol. The largest absolute Gasteiger partial charge is 0.477 e. The Balaban J connectivity index is 2.31. The zero-order valence-corrected chi connectivity index (χ0v) is 7.19. The number of nitrogens with zero attached hydrogens (tertiary/aromatic N) is 3. The molecule has 1 aromatic heterocycles. The van der Waals surface area contributed by atoms with Crippen LogP contribution in [0.1, 0.15) is 5.82 Å². The molecule has 0 spiro atoms. The van der Waals surface area contributed by atoms with Crippen molar-refractivity contribution in [1.82, 2.24) is 9.36 Å². The van der Waals surface area contributed by atoms with E-state index in [0.29, 0.717) is 17.2 Å². The van der Waals surface area contributed by atoms with Crippen LogP contribution in [-0.2, 0) is 16.2 Å². The summed E-state index contributed by atoms with van der Waals surface area (Å²) >= 11 is 1.04. The number of oxime groups is 1. The van der Waals surface area contributed by atoms with Gasteiger partial charge in [0.15, 0.2) is 23.8 Å². The highest BCUT2D eigenvalue weighted by molar-refractivity contribution is 7.09. The van der Waals surface area contributed by atoms with Gasteiger partial charge in [0.25, 0.3) is 0 Å². The van der Waals surface area contributed by atoms with Gasteiger partial charge in [0, 0.05) is 11.5 Å². The Morgan fingerprint density at radius 1 is 1.85 bits per heavy atom. The first-order valence-corrected chi connectivity index (χ1v) is 3.92. The lowest BCUT2D eigenvalue weighted by atomic mass is 10.7. The number of anilines is 1. The molecule has 1 aromatic rings. The van der Waals surface area contributed by atoms with Crippen LogP contribution in [0, 0.1) is 0 Å². The van der Waals surface area contributed by atoms with Crippen LogP contribution in [-0.4, -0.2) is 26.6 Å². The van der Waals surface area contributed by atoms with Gasteiger partial charge in [-0.3, -0.25) is 0 Å². The SMILES string of the molecule is Nc1nc(CO/N=C\C(=O)O)ns1. The Labute approximate surface area is 77.0 Å². The first-order chi connectivity index (χ1) is 6.18. The fourth-order valence-electron chi connectivity index (χ4n) is 0.503. The van der Waals surface area contributed by atoms with Crippen molar-refractivity contribution < 1.29 is 14.7 Å². The Bertz CT molecular complexity index is 323. The Kier molecular flexibility index (Phi) is 3.15. The van der Waals surface area contributed by atoms with Gasteiger partial charge in [-0.25, -0.2) is 4.79 Å². The van der Waals surface area contributed by atoms with Crippen molar-refractivity contribution >= 4 is 28.8 Å². The summed E-state index contributed by atoms with van der Waals surface area (Å²) in [4.78, 5) is 18.3. The molecule has 0 radical (unpaired) electrons. The Hall–Kier alpha value is -1.70. The molecule has 0 saturated heterocycles. The number of nitrogens with two attached hydrogens (primary N) is 1. The van der Waals surface area contributed by atoms with Crippen LogP contribution in [0.25, 0.3) is 0 Å². The van der Waals surface area contributed by atoms with Crippen molar-refractivity contribution in [3.63, 3.8) is 0 Å². The van der Waals surface area contributed by atoms with Gasteiger partial charge in [0.1, 0.15) is 0 Å². The minimum absolute atomic E-state index is 0.0114. The Morgan fingerprint density at radius 2 is 2.62 bits per heavy atom. The number of rotatable bonds is 4. The number of carboxylic acids is 1. The summed E-state index contributed by atoms with van der Waals surface area (Å²) in [6.07, 6.45) is 0.635. The second-order valence-corrected chi connectivity index (χ2v) is 2.68. The molecule has 0 atom stereocenters. The summed E-state index contributed by atoms with van der Waals surface area (Å²) in [5.41, 5.74) is 5.29. The molecule has 70 valence electrons. The summed E-state index contributed by atoms with van der Waals surface area (Å²) in [6.45, 7) is 0.0114. The lowest BCUT2D eigenvalue weighted by Gasteiger charge is -1.91. The molecule has 3 N–H and O–H groups in total. The van der Waals surface area contributed by atoms with E-state index in [2.05, 4.69) is 19.4 Å². The van der Waals surface area contributed by atoms with Crippen molar-refractivity contribution in [2.75, 3.05) is 5.73 Å². The third-order valence-electron chi connectivity index (χ3n) is 0.915. The lowest BCUT2D eigenvalue weighted by Crippen LogP contribution is -1.97. The first-order valence-electron chi connectivity index (χ1n) is 3.15. The van der Waals surface area contributed by atoms with E-state index in [1.807, 2.05) is 0 Å². The van der Waals surface area contributed by atoms with E-state index >= 15 is 0 Å². The van der Waals surface area contributed by atoms with Gasteiger partial charge < -0.3 is 15.7 Å². The lowest BCUT2D eigenvalue weighted by molar-refractivity contribution is -0.129. The van der Waals surface area contributed by atoms with Crippen LogP contribution in [0.4, 0.5) is 5.13 Å². The molecular formula is C5H6N4O3S. The van der Waals surface area contributed by atoms with Crippen LogP contribution >= 0.6 is 11.5 Å². The fourth-order valence-corrected chi connectivity index (χ4v) is 0.942. The number of carboxylic acid groups (broad SMARTS) is 1. The molecule has 0 aliphatic rings. The number of nitrogen functional groups attached to an aromatic ring is 1. The van der Waals surface area contributed by atoms with E-state index < -0.39 is 5.97 Å². The molecule has 1 rings (SSSR count). The van der Waals surface area contributed by atoms with Crippen molar-refractivity contribution in [3.8, 4) is 0 Å². The molecule has 0 aliphatic carbocycles. The summed E-state index contributed by atoms with van der Waals surface area (Å²) in [7, 11) is 0. The summed E-state index contributed by atoms with van der Waals surface area (Å²) in [6, 6.07) is 0. The smallest absolute Gasteiger partial charge is 0.350 e. The van der Waals surface area contributed by atoms with Gasteiger partial charge in [0.2, 0.25) is 0 Å². The van der Waals surface area contributed by atoms with E-state index in [1.54, 1.807) is 0 Å². The topological polar surface area (TPSA) is 111 Å². The molecule has 8 heteroatoms. The minimum Gasteiger partial charge on any atom is -0.477 e. The molecular weight excluding hydrogens is 196 g/mol. The van der Waals surface area contributed by atoms with Crippen molar-refractivity contribution in [1.29, 1.82) is 0 Å². The highest BCUT2D eigenvalue weighted by Gasteiger charge is 1.99. The zero-order valence-electron chi connectivity index (χ0n) is 6.38. The maximum atomic E-state index is 9.94. The maximum absolute atomic E-state index is 9.94. The number of carbonyl (C=O) groups is 1. The molecule has 0 bridgehead atoms.